The van der Waals surface area contributed by atoms with Crippen LogP contribution in [0.1, 0.15) is 33.6 Å². The molecule has 0 aromatic carbocycles. The van der Waals surface area contributed by atoms with Gasteiger partial charge in [-0.05, 0) is 27.3 Å². The zero-order valence-electron chi connectivity index (χ0n) is 13.0. The van der Waals surface area contributed by atoms with E-state index in [2.05, 4.69) is 31.1 Å². The average Bonchev–Trinajstić information content (AvgIpc) is 2.36. The van der Waals surface area contributed by atoms with Crippen LogP contribution < -0.4 is 5.32 Å². The zero-order chi connectivity index (χ0) is 15.3. The van der Waals surface area contributed by atoms with Crippen LogP contribution in [0.25, 0.3) is 0 Å². The van der Waals surface area contributed by atoms with Crippen molar-refractivity contribution in [3.8, 4) is 0 Å². The van der Waals surface area contributed by atoms with E-state index in [1.807, 2.05) is 6.92 Å². The van der Waals surface area contributed by atoms with Crippen LogP contribution in [0.3, 0.4) is 0 Å². The molecule has 1 atom stereocenters. The number of aliphatic carboxylic acids is 1. The summed E-state index contributed by atoms with van der Waals surface area (Å²) < 4.78 is 0. The molecule has 6 heteroatoms. The third-order valence-electron chi connectivity index (χ3n) is 4.09. The second kappa shape index (κ2) is 6.92. The van der Waals surface area contributed by atoms with E-state index in [1.54, 1.807) is 4.90 Å². The summed E-state index contributed by atoms with van der Waals surface area (Å²) in [5.41, 5.74) is -0.0504. The highest BCUT2D eigenvalue weighted by molar-refractivity contribution is 5.76. The molecule has 20 heavy (non-hydrogen) atoms. The van der Waals surface area contributed by atoms with E-state index in [0.29, 0.717) is 19.5 Å². The molecule has 1 heterocycles. The lowest BCUT2D eigenvalue weighted by Gasteiger charge is -2.45. The molecule has 2 N–H and O–H groups in total. The maximum Gasteiger partial charge on any atom is 0.317 e. The molecule has 0 aliphatic carbocycles. The van der Waals surface area contributed by atoms with Crippen molar-refractivity contribution >= 4 is 12.0 Å². The third kappa shape index (κ3) is 4.37. The quantitative estimate of drug-likeness (QED) is 0.796. The number of nitrogens with one attached hydrogen (secondary N) is 1. The first kappa shape index (κ1) is 16.8. The first-order valence-corrected chi connectivity index (χ1v) is 7.24. The summed E-state index contributed by atoms with van der Waals surface area (Å²) in [5, 5.41) is 11.8. The van der Waals surface area contributed by atoms with Gasteiger partial charge >= 0.3 is 12.0 Å². The van der Waals surface area contributed by atoms with Gasteiger partial charge in [0.05, 0.1) is 5.92 Å². The zero-order valence-corrected chi connectivity index (χ0v) is 13.0. The third-order valence-corrected chi connectivity index (χ3v) is 4.09. The van der Waals surface area contributed by atoms with Gasteiger partial charge in [-0.15, -0.1) is 0 Å². The molecule has 1 rings (SSSR count). The highest BCUT2D eigenvalue weighted by Gasteiger charge is 2.33. The summed E-state index contributed by atoms with van der Waals surface area (Å²) in [6.45, 7) is 8.51. The molecule has 1 aliphatic rings. The number of carboxylic acids is 1. The second-order valence-electron chi connectivity index (χ2n) is 6.17. The average molecular weight is 285 g/mol. The van der Waals surface area contributed by atoms with E-state index in [9.17, 15) is 9.59 Å². The molecule has 1 saturated heterocycles. The predicted octanol–water partition coefficient (Wildman–Crippen LogP) is 1.22. The van der Waals surface area contributed by atoms with Crippen LogP contribution in [0.5, 0.6) is 0 Å². The van der Waals surface area contributed by atoms with Gasteiger partial charge in [-0.3, -0.25) is 9.69 Å². The molecule has 116 valence electrons. The topological polar surface area (TPSA) is 72.9 Å². The number of rotatable bonds is 5. The van der Waals surface area contributed by atoms with Gasteiger partial charge in [0.25, 0.3) is 0 Å². The minimum Gasteiger partial charge on any atom is -0.481 e. The van der Waals surface area contributed by atoms with Crippen LogP contribution in [-0.4, -0.2) is 65.7 Å². The van der Waals surface area contributed by atoms with Crippen molar-refractivity contribution in [3.05, 3.63) is 0 Å². The first-order chi connectivity index (χ1) is 9.27. The van der Waals surface area contributed by atoms with Crippen LogP contribution in [0.2, 0.25) is 0 Å². The summed E-state index contributed by atoms with van der Waals surface area (Å²) >= 11 is 0. The van der Waals surface area contributed by atoms with Gasteiger partial charge < -0.3 is 15.3 Å². The lowest BCUT2D eigenvalue weighted by Crippen LogP contribution is -2.60. The van der Waals surface area contributed by atoms with E-state index in [-0.39, 0.29) is 18.1 Å². The van der Waals surface area contributed by atoms with Gasteiger partial charge in [-0.2, -0.15) is 0 Å². The number of piperazine rings is 1. The summed E-state index contributed by atoms with van der Waals surface area (Å²) in [4.78, 5) is 27.2. The maximum atomic E-state index is 12.1. The van der Waals surface area contributed by atoms with Crippen molar-refractivity contribution in [1.29, 1.82) is 0 Å². The van der Waals surface area contributed by atoms with E-state index in [4.69, 9.17) is 5.11 Å². The van der Waals surface area contributed by atoms with Crippen molar-refractivity contribution in [3.63, 3.8) is 0 Å². The Bertz CT molecular complexity index is 358. The molecular weight excluding hydrogens is 258 g/mol. The molecule has 0 aromatic rings. The lowest BCUT2D eigenvalue weighted by atomic mass is 10.00. The molecule has 1 unspecified atom stereocenters. The van der Waals surface area contributed by atoms with Gasteiger partial charge in [0.1, 0.15) is 0 Å². The van der Waals surface area contributed by atoms with Crippen LogP contribution in [0.15, 0.2) is 0 Å². The van der Waals surface area contributed by atoms with Crippen molar-refractivity contribution in [1.82, 2.24) is 15.1 Å². The van der Waals surface area contributed by atoms with E-state index in [1.165, 1.54) is 0 Å². The molecule has 2 amide bonds. The molecule has 1 fully saturated rings. The number of carbonyl (C=O) groups is 2. The fourth-order valence-electron chi connectivity index (χ4n) is 2.40. The molecule has 0 spiro atoms. The highest BCUT2D eigenvalue weighted by atomic mass is 16.4. The fourth-order valence-corrected chi connectivity index (χ4v) is 2.40. The van der Waals surface area contributed by atoms with E-state index in [0.717, 1.165) is 13.0 Å². The fraction of sp³-hybridized carbons (Fsp3) is 0.857. The minimum atomic E-state index is -0.842. The Labute approximate surface area is 121 Å². The first-order valence-electron chi connectivity index (χ1n) is 7.24. The molecular formula is C14H27N3O3. The van der Waals surface area contributed by atoms with Crippen molar-refractivity contribution in [2.75, 3.05) is 33.2 Å². The normalized spacial score (nSPS) is 20.5. The minimum absolute atomic E-state index is 0.0504. The number of nitrogens with zero attached hydrogens (tertiary/aromatic N) is 2. The highest BCUT2D eigenvalue weighted by Crippen LogP contribution is 2.18. The van der Waals surface area contributed by atoms with Crippen molar-refractivity contribution < 1.29 is 14.7 Å². The summed E-state index contributed by atoms with van der Waals surface area (Å²) in [5.74, 6) is -1.34. The SMILES string of the molecule is CCCC(CNC(=O)N1CCN(C)C(C)(C)C1)C(=O)O. The maximum absolute atomic E-state index is 12.1. The van der Waals surface area contributed by atoms with Gasteiger partial charge in [-0.25, -0.2) is 4.79 Å². The lowest BCUT2D eigenvalue weighted by molar-refractivity contribution is -0.141. The number of urea groups is 1. The van der Waals surface area contributed by atoms with Crippen LogP contribution >= 0.6 is 0 Å². The molecule has 0 saturated carbocycles. The van der Waals surface area contributed by atoms with Gasteiger partial charge in [0.15, 0.2) is 0 Å². The van der Waals surface area contributed by atoms with Gasteiger partial charge in [-0.1, -0.05) is 13.3 Å². The van der Waals surface area contributed by atoms with Gasteiger partial charge in [0.2, 0.25) is 0 Å². The Hall–Kier alpha value is -1.30. The Kier molecular flexibility index (Phi) is 5.80. The number of carboxylic acid groups (broad SMARTS) is 1. The molecule has 1 aliphatic heterocycles. The van der Waals surface area contributed by atoms with E-state index < -0.39 is 11.9 Å². The number of hydrogen-bond donors (Lipinski definition) is 2. The van der Waals surface area contributed by atoms with Crippen molar-refractivity contribution in [2.45, 2.75) is 39.2 Å². The molecule has 0 bridgehead atoms. The standard InChI is InChI=1S/C14H27N3O3/c1-5-6-11(12(18)19)9-15-13(20)17-8-7-16(4)14(2,3)10-17/h11H,5-10H2,1-4H3,(H,15,20)(H,18,19). The molecule has 0 radical (unpaired) electrons. The Morgan fingerprint density at radius 2 is 2.00 bits per heavy atom. The summed E-state index contributed by atoms with van der Waals surface area (Å²) in [6, 6.07) is -0.159. The van der Waals surface area contributed by atoms with Crippen molar-refractivity contribution in [2.24, 2.45) is 5.92 Å². The molecule has 6 nitrogen and oxygen atoms in total. The number of likely N-dealkylation sites (N-methyl/N-ethyl adjacent to an activating group) is 1. The van der Waals surface area contributed by atoms with Crippen LogP contribution in [-0.2, 0) is 4.79 Å². The largest absolute Gasteiger partial charge is 0.481 e. The van der Waals surface area contributed by atoms with Gasteiger partial charge in [0, 0.05) is 31.7 Å². The Morgan fingerprint density at radius 3 is 2.50 bits per heavy atom. The smallest absolute Gasteiger partial charge is 0.317 e. The number of carbonyl (C=O) groups excluding carboxylic acids is 1. The Morgan fingerprint density at radius 1 is 1.35 bits per heavy atom. The second-order valence-corrected chi connectivity index (χ2v) is 6.17. The molecule has 0 aromatic heterocycles. The number of hydrogen-bond acceptors (Lipinski definition) is 3. The summed E-state index contributed by atoms with van der Waals surface area (Å²) in [7, 11) is 2.05. The van der Waals surface area contributed by atoms with Crippen LogP contribution in [0.4, 0.5) is 4.79 Å². The number of amides is 2. The predicted molar refractivity (Wildman–Crippen MR) is 77.7 cm³/mol. The summed E-state index contributed by atoms with van der Waals surface area (Å²) in [6.07, 6.45) is 1.39. The monoisotopic (exact) mass is 285 g/mol. The van der Waals surface area contributed by atoms with E-state index >= 15 is 0 Å². The Balaban J connectivity index is 2.48. The van der Waals surface area contributed by atoms with Crippen LogP contribution in [0, 0.1) is 5.92 Å².